The third kappa shape index (κ3) is 2.93. The predicted octanol–water partition coefficient (Wildman–Crippen LogP) is 2.88. The van der Waals surface area contributed by atoms with Crippen molar-refractivity contribution >= 4 is 5.97 Å². The van der Waals surface area contributed by atoms with Gasteiger partial charge in [-0.1, -0.05) is 0 Å². The van der Waals surface area contributed by atoms with Crippen LogP contribution in [0.1, 0.15) is 23.1 Å². The first kappa shape index (κ1) is 13.4. The van der Waals surface area contributed by atoms with Gasteiger partial charge in [0.25, 0.3) is 5.92 Å². The number of aryl methyl sites for hydroxylation is 2. The molecule has 5 heteroatoms. The van der Waals surface area contributed by atoms with Crippen LogP contribution in [0.2, 0.25) is 0 Å². The highest BCUT2D eigenvalue weighted by molar-refractivity contribution is 5.68. The fourth-order valence-electron chi connectivity index (χ4n) is 1.53. The molecule has 0 amide bonds. The lowest BCUT2D eigenvalue weighted by molar-refractivity contribution is -0.145. The molecule has 1 N–H and O–H groups in total. The summed E-state index contributed by atoms with van der Waals surface area (Å²) in [6, 6.07) is 2.76. The van der Waals surface area contributed by atoms with Crippen LogP contribution in [-0.4, -0.2) is 18.2 Å². The van der Waals surface area contributed by atoms with E-state index in [0.29, 0.717) is 5.56 Å². The van der Waals surface area contributed by atoms with Crippen molar-refractivity contribution in [2.24, 2.45) is 0 Å². The number of carbonyl (C=O) groups is 1. The first-order chi connectivity index (χ1) is 7.77. The number of hydrogen-bond donors (Lipinski definition) is 1. The third-order valence-electron chi connectivity index (χ3n) is 2.58. The van der Waals surface area contributed by atoms with E-state index in [0.717, 1.165) is 5.56 Å². The molecule has 0 aliphatic carbocycles. The van der Waals surface area contributed by atoms with Crippen LogP contribution >= 0.6 is 0 Å². The number of rotatable bonds is 4. The Hall–Kier alpha value is -1.65. The van der Waals surface area contributed by atoms with Crippen molar-refractivity contribution in [3.63, 3.8) is 0 Å². The maximum Gasteiger partial charge on any atom is 0.309 e. The average Bonchev–Trinajstić information content (AvgIpc) is 2.19. The van der Waals surface area contributed by atoms with Crippen molar-refractivity contribution in [2.45, 2.75) is 26.2 Å². The van der Waals surface area contributed by atoms with Crippen LogP contribution in [0.25, 0.3) is 0 Å². The number of methoxy groups -OCH3 is 1. The lowest BCUT2D eigenvalue weighted by atomic mass is 9.99. The molecule has 0 unspecified atom stereocenters. The minimum atomic E-state index is -3.43. The second-order valence-corrected chi connectivity index (χ2v) is 3.91. The molecule has 0 radical (unpaired) electrons. The van der Waals surface area contributed by atoms with Crippen LogP contribution in [0.5, 0.6) is 5.75 Å². The zero-order chi connectivity index (χ0) is 13.2. The van der Waals surface area contributed by atoms with Crippen molar-refractivity contribution in [1.29, 1.82) is 0 Å². The highest BCUT2D eigenvalue weighted by atomic mass is 19.3. The molecule has 0 aliphatic heterocycles. The summed E-state index contributed by atoms with van der Waals surface area (Å²) < 4.78 is 32.3. The SMILES string of the molecule is COc1cc(C)c(C)cc1C(F)(F)CC(=O)O. The summed E-state index contributed by atoms with van der Waals surface area (Å²) in [5.74, 6) is -4.97. The minimum Gasteiger partial charge on any atom is -0.496 e. The monoisotopic (exact) mass is 244 g/mol. The van der Waals surface area contributed by atoms with Gasteiger partial charge >= 0.3 is 5.97 Å². The number of carboxylic acids is 1. The minimum absolute atomic E-state index is 0.0133. The number of ether oxygens (including phenoxy) is 1. The molecular formula is C12H14F2O3. The maximum absolute atomic E-state index is 13.7. The van der Waals surface area contributed by atoms with Gasteiger partial charge in [-0.15, -0.1) is 0 Å². The fraction of sp³-hybridized carbons (Fsp3) is 0.417. The van der Waals surface area contributed by atoms with Crippen molar-refractivity contribution in [3.8, 4) is 5.75 Å². The molecule has 0 aliphatic rings. The van der Waals surface area contributed by atoms with Crippen molar-refractivity contribution in [1.82, 2.24) is 0 Å². The predicted molar refractivity (Wildman–Crippen MR) is 58.6 cm³/mol. The van der Waals surface area contributed by atoms with Crippen LogP contribution in [0.3, 0.4) is 0 Å². The number of alkyl halides is 2. The second kappa shape index (κ2) is 4.69. The van der Waals surface area contributed by atoms with Crippen molar-refractivity contribution in [2.75, 3.05) is 7.11 Å². The van der Waals surface area contributed by atoms with E-state index < -0.39 is 18.3 Å². The van der Waals surface area contributed by atoms with Gasteiger partial charge in [0, 0.05) is 0 Å². The van der Waals surface area contributed by atoms with Gasteiger partial charge in [0.2, 0.25) is 0 Å². The van der Waals surface area contributed by atoms with E-state index in [9.17, 15) is 13.6 Å². The lowest BCUT2D eigenvalue weighted by Gasteiger charge is -2.19. The molecule has 1 aromatic carbocycles. The zero-order valence-electron chi connectivity index (χ0n) is 9.88. The molecule has 0 atom stereocenters. The van der Waals surface area contributed by atoms with Crippen LogP contribution in [-0.2, 0) is 10.7 Å². The van der Waals surface area contributed by atoms with Crippen LogP contribution in [0.4, 0.5) is 8.78 Å². The zero-order valence-corrected chi connectivity index (χ0v) is 9.88. The summed E-state index contributed by atoms with van der Waals surface area (Å²) >= 11 is 0. The van der Waals surface area contributed by atoms with E-state index in [1.807, 2.05) is 0 Å². The molecule has 1 rings (SSSR count). The van der Waals surface area contributed by atoms with Gasteiger partial charge in [0.05, 0.1) is 12.7 Å². The molecule has 0 saturated carbocycles. The molecule has 0 heterocycles. The Morgan fingerprint density at radius 3 is 2.35 bits per heavy atom. The molecule has 0 saturated heterocycles. The Labute approximate surface area is 98.0 Å². The highest BCUT2D eigenvalue weighted by Gasteiger charge is 2.37. The molecule has 3 nitrogen and oxygen atoms in total. The number of aliphatic carboxylic acids is 1. The summed E-state index contributed by atoms with van der Waals surface area (Å²) in [6.45, 7) is 3.46. The maximum atomic E-state index is 13.7. The topological polar surface area (TPSA) is 46.5 Å². The Kier molecular flexibility index (Phi) is 3.70. The van der Waals surface area contributed by atoms with Crippen LogP contribution in [0, 0.1) is 13.8 Å². The summed E-state index contributed by atoms with van der Waals surface area (Å²) in [4.78, 5) is 10.4. The van der Waals surface area contributed by atoms with E-state index in [1.165, 1.54) is 19.2 Å². The third-order valence-corrected chi connectivity index (χ3v) is 2.58. The van der Waals surface area contributed by atoms with Gasteiger partial charge < -0.3 is 9.84 Å². The molecule has 0 bridgehead atoms. The number of benzene rings is 1. The van der Waals surface area contributed by atoms with Gasteiger partial charge in [0.15, 0.2) is 0 Å². The largest absolute Gasteiger partial charge is 0.496 e. The summed E-state index contributed by atoms with van der Waals surface area (Å²) in [7, 11) is 1.28. The van der Waals surface area contributed by atoms with Gasteiger partial charge in [-0.25, -0.2) is 8.78 Å². The average molecular weight is 244 g/mol. The smallest absolute Gasteiger partial charge is 0.309 e. The Balaban J connectivity index is 3.28. The van der Waals surface area contributed by atoms with Gasteiger partial charge in [-0.2, -0.15) is 0 Å². The second-order valence-electron chi connectivity index (χ2n) is 3.91. The first-order valence-electron chi connectivity index (χ1n) is 5.03. The highest BCUT2D eigenvalue weighted by Crippen LogP contribution is 2.39. The van der Waals surface area contributed by atoms with E-state index in [1.54, 1.807) is 13.8 Å². The molecule has 1 aromatic rings. The fourth-order valence-corrected chi connectivity index (χ4v) is 1.53. The van der Waals surface area contributed by atoms with E-state index in [-0.39, 0.29) is 11.3 Å². The molecule has 17 heavy (non-hydrogen) atoms. The van der Waals surface area contributed by atoms with E-state index >= 15 is 0 Å². The quantitative estimate of drug-likeness (QED) is 0.885. The summed E-state index contributed by atoms with van der Waals surface area (Å²) in [6.07, 6.45) is -1.24. The van der Waals surface area contributed by atoms with E-state index in [4.69, 9.17) is 9.84 Å². The lowest BCUT2D eigenvalue weighted by Crippen LogP contribution is -2.19. The van der Waals surface area contributed by atoms with Gasteiger partial charge in [-0.3, -0.25) is 4.79 Å². The van der Waals surface area contributed by atoms with Gasteiger partial charge in [-0.05, 0) is 37.1 Å². The molecule has 0 fully saturated rings. The van der Waals surface area contributed by atoms with E-state index in [2.05, 4.69) is 0 Å². The molecule has 0 aromatic heterocycles. The van der Waals surface area contributed by atoms with Crippen molar-refractivity contribution < 1.29 is 23.4 Å². The molecule has 0 spiro atoms. The van der Waals surface area contributed by atoms with Gasteiger partial charge in [0.1, 0.15) is 12.2 Å². The normalized spacial score (nSPS) is 11.4. The number of hydrogen-bond acceptors (Lipinski definition) is 2. The molecule has 94 valence electrons. The Morgan fingerprint density at radius 2 is 1.88 bits per heavy atom. The standard InChI is InChI=1S/C12H14F2O3/c1-7-4-9(10(17-3)5-8(7)2)12(13,14)6-11(15)16/h4-5H,6H2,1-3H3,(H,15,16). The number of carboxylic acid groups (broad SMARTS) is 1. The number of halogens is 2. The van der Waals surface area contributed by atoms with Crippen LogP contribution < -0.4 is 4.74 Å². The Bertz CT molecular complexity index is 442. The summed E-state index contributed by atoms with van der Waals surface area (Å²) in [5.41, 5.74) is 1.10. The first-order valence-corrected chi connectivity index (χ1v) is 5.03. The van der Waals surface area contributed by atoms with Crippen LogP contribution in [0.15, 0.2) is 12.1 Å². The van der Waals surface area contributed by atoms with Crippen molar-refractivity contribution in [3.05, 3.63) is 28.8 Å². The summed E-state index contributed by atoms with van der Waals surface area (Å²) in [5, 5.41) is 8.48. The Morgan fingerprint density at radius 1 is 1.35 bits per heavy atom. The molecular weight excluding hydrogens is 230 g/mol.